The predicted octanol–water partition coefficient (Wildman–Crippen LogP) is 2.11. The highest BCUT2D eigenvalue weighted by Gasteiger charge is 2.38. The number of nitro benzene ring substituents is 1. The van der Waals surface area contributed by atoms with Crippen molar-refractivity contribution in [3.05, 3.63) is 45.5 Å². The van der Waals surface area contributed by atoms with E-state index in [4.69, 9.17) is 5.73 Å². The first-order chi connectivity index (χ1) is 8.21. The number of nitrogens with two attached hydrogens (primary N) is 1. The van der Waals surface area contributed by atoms with Crippen molar-refractivity contribution in [3.63, 3.8) is 0 Å². The lowest BCUT2D eigenvalue weighted by atomic mass is 10.1. The minimum atomic E-state index is -4.81. The summed E-state index contributed by atoms with van der Waals surface area (Å²) >= 11 is 0. The van der Waals surface area contributed by atoms with Crippen molar-refractivity contribution in [2.45, 2.75) is 6.18 Å². The number of nitrogens with zero attached hydrogens (tertiary/aromatic N) is 1. The van der Waals surface area contributed by atoms with Crippen molar-refractivity contribution < 1.29 is 22.9 Å². The van der Waals surface area contributed by atoms with Crippen molar-refractivity contribution in [2.24, 2.45) is 5.73 Å². The van der Waals surface area contributed by atoms with Gasteiger partial charge in [-0.05, 0) is 17.7 Å². The van der Waals surface area contributed by atoms with Gasteiger partial charge in [0, 0.05) is 12.1 Å². The largest absolute Gasteiger partial charge is 0.422 e. The Morgan fingerprint density at radius 3 is 2.44 bits per heavy atom. The highest BCUT2D eigenvalue weighted by Crippen LogP contribution is 2.36. The monoisotopic (exact) mass is 260 g/mol. The summed E-state index contributed by atoms with van der Waals surface area (Å²) in [6.07, 6.45) is -2.82. The number of benzene rings is 1. The summed E-state index contributed by atoms with van der Waals surface area (Å²) in [6, 6.07) is 2.32. The fraction of sp³-hybridized carbons (Fsp3) is 0.100. The Morgan fingerprint density at radius 2 is 2.00 bits per heavy atom. The summed E-state index contributed by atoms with van der Waals surface area (Å²) in [5, 5.41) is 10.5. The molecule has 8 heteroatoms. The van der Waals surface area contributed by atoms with Crippen LogP contribution < -0.4 is 5.73 Å². The minimum absolute atomic E-state index is 0.0773. The number of carbonyl (C=O) groups excluding carboxylic acids is 1. The fourth-order valence-electron chi connectivity index (χ4n) is 1.22. The highest BCUT2D eigenvalue weighted by molar-refractivity contribution is 5.90. The molecule has 0 saturated carbocycles. The molecule has 18 heavy (non-hydrogen) atoms. The molecule has 0 fully saturated rings. The van der Waals surface area contributed by atoms with Gasteiger partial charge in [0.2, 0.25) is 5.91 Å². The number of hydrogen-bond acceptors (Lipinski definition) is 3. The first-order valence-electron chi connectivity index (χ1n) is 4.55. The fourth-order valence-corrected chi connectivity index (χ4v) is 1.22. The van der Waals surface area contributed by atoms with Crippen LogP contribution in [0.15, 0.2) is 24.3 Å². The third-order valence-electron chi connectivity index (χ3n) is 1.96. The summed E-state index contributed by atoms with van der Waals surface area (Å²) in [4.78, 5) is 19.9. The van der Waals surface area contributed by atoms with Crippen LogP contribution in [0.2, 0.25) is 0 Å². The van der Waals surface area contributed by atoms with Crippen LogP contribution in [0.4, 0.5) is 18.9 Å². The van der Waals surface area contributed by atoms with E-state index < -0.39 is 28.3 Å². The average molecular weight is 260 g/mol. The molecule has 0 unspecified atom stereocenters. The molecule has 1 aromatic rings. The molecule has 0 radical (unpaired) electrons. The number of hydrogen-bond donors (Lipinski definition) is 1. The van der Waals surface area contributed by atoms with Crippen molar-refractivity contribution >= 4 is 17.7 Å². The van der Waals surface area contributed by atoms with E-state index in [1.54, 1.807) is 0 Å². The van der Waals surface area contributed by atoms with Gasteiger partial charge in [-0.25, -0.2) is 0 Å². The molecule has 1 rings (SSSR count). The summed E-state index contributed by atoms with van der Waals surface area (Å²) in [7, 11) is 0. The Labute approximate surface area is 98.9 Å². The smallest absolute Gasteiger partial charge is 0.366 e. The number of nitro groups is 1. The molecule has 0 heterocycles. The van der Waals surface area contributed by atoms with Gasteiger partial charge >= 0.3 is 6.18 Å². The van der Waals surface area contributed by atoms with Crippen molar-refractivity contribution in [2.75, 3.05) is 0 Å². The lowest BCUT2D eigenvalue weighted by molar-refractivity contribution is -0.388. The molecule has 1 amide bonds. The predicted molar refractivity (Wildman–Crippen MR) is 56.3 cm³/mol. The van der Waals surface area contributed by atoms with Crippen LogP contribution in [-0.4, -0.2) is 10.8 Å². The molecule has 0 saturated heterocycles. The molecule has 0 bridgehead atoms. The summed E-state index contributed by atoms with van der Waals surface area (Å²) < 4.78 is 37.4. The van der Waals surface area contributed by atoms with Crippen LogP contribution in [0.5, 0.6) is 0 Å². The zero-order valence-electron chi connectivity index (χ0n) is 8.77. The average Bonchev–Trinajstić information content (AvgIpc) is 2.24. The van der Waals surface area contributed by atoms with Crippen molar-refractivity contribution in [3.8, 4) is 0 Å². The number of primary amides is 1. The maximum absolute atomic E-state index is 12.5. The van der Waals surface area contributed by atoms with Gasteiger partial charge in [0.25, 0.3) is 5.69 Å². The number of alkyl halides is 3. The second kappa shape index (κ2) is 4.86. The number of carbonyl (C=O) groups is 1. The van der Waals surface area contributed by atoms with E-state index in [9.17, 15) is 28.1 Å². The van der Waals surface area contributed by atoms with E-state index in [1.807, 2.05) is 0 Å². The third-order valence-corrected chi connectivity index (χ3v) is 1.96. The molecular formula is C10H7F3N2O3. The SMILES string of the molecule is NC(=O)C=Cc1ccc(C(F)(F)F)c([N+](=O)[O-])c1. The van der Waals surface area contributed by atoms with Crippen LogP contribution in [0.3, 0.4) is 0 Å². The Kier molecular flexibility index (Phi) is 3.70. The van der Waals surface area contributed by atoms with Crippen LogP contribution >= 0.6 is 0 Å². The van der Waals surface area contributed by atoms with Crippen molar-refractivity contribution in [1.82, 2.24) is 0 Å². The van der Waals surface area contributed by atoms with Gasteiger partial charge in [-0.2, -0.15) is 13.2 Å². The molecule has 0 spiro atoms. The van der Waals surface area contributed by atoms with E-state index in [-0.39, 0.29) is 5.56 Å². The Morgan fingerprint density at radius 1 is 1.39 bits per heavy atom. The lowest BCUT2D eigenvalue weighted by Crippen LogP contribution is -2.09. The Hall–Kier alpha value is -2.38. The number of rotatable bonds is 3. The molecule has 0 aromatic heterocycles. The molecule has 96 valence electrons. The number of amides is 1. The first kappa shape index (κ1) is 13.7. The van der Waals surface area contributed by atoms with Gasteiger partial charge in [-0.1, -0.05) is 6.07 Å². The van der Waals surface area contributed by atoms with E-state index in [1.165, 1.54) is 0 Å². The lowest BCUT2D eigenvalue weighted by Gasteiger charge is -2.07. The zero-order valence-corrected chi connectivity index (χ0v) is 8.77. The standard InChI is InChI=1S/C10H7F3N2O3/c11-10(12,13)7-3-1-6(2-4-9(14)16)5-8(7)15(17)18/h1-5H,(H2,14,16). The molecule has 5 nitrogen and oxygen atoms in total. The van der Waals surface area contributed by atoms with Gasteiger partial charge in [-0.15, -0.1) is 0 Å². The van der Waals surface area contributed by atoms with E-state index >= 15 is 0 Å². The first-order valence-corrected chi connectivity index (χ1v) is 4.55. The van der Waals surface area contributed by atoms with E-state index in [0.717, 1.165) is 24.3 Å². The van der Waals surface area contributed by atoms with Crippen LogP contribution in [0.25, 0.3) is 6.08 Å². The Balaban J connectivity index is 3.28. The topological polar surface area (TPSA) is 86.2 Å². The third kappa shape index (κ3) is 3.30. The second-order valence-electron chi connectivity index (χ2n) is 3.27. The van der Waals surface area contributed by atoms with E-state index in [0.29, 0.717) is 6.07 Å². The van der Waals surface area contributed by atoms with Gasteiger partial charge in [-0.3, -0.25) is 14.9 Å². The zero-order chi connectivity index (χ0) is 13.9. The second-order valence-corrected chi connectivity index (χ2v) is 3.27. The molecule has 2 N–H and O–H groups in total. The maximum atomic E-state index is 12.5. The summed E-state index contributed by atoms with van der Waals surface area (Å²) in [5.41, 5.74) is 2.46. The van der Waals surface area contributed by atoms with Gasteiger partial charge in [0.05, 0.1) is 4.92 Å². The minimum Gasteiger partial charge on any atom is -0.366 e. The summed E-state index contributed by atoms with van der Waals surface area (Å²) in [5.74, 6) is -0.808. The van der Waals surface area contributed by atoms with Crippen LogP contribution in [0.1, 0.15) is 11.1 Å². The normalized spacial score (nSPS) is 11.7. The molecular weight excluding hydrogens is 253 g/mol. The molecule has 0 aliphatic heterocycles. The molecule has 0 aliphatic rings. The van der Waals surface area contributed by atoms with Gasteiger partial charge < -0.3 is 5.73 Å². The van der Waals surface area contributed by atoms with Gasteiger partial charge in [0.15, 0.2) is 0 Å². The molecule has 0 aliphatic carbocycles. The van der Waals surface area contributed by atoms with Crippen LogP contribution in [-0.2, 0) is 11.0 Å². The molecule has 1 aromatic carbocycles. The van der Waals surface area contributed by atoms with E-state index in [2.05, 4.69) is 0 Å². The number of halogens is 3. The Bertz CT molecular complexity index is 524. The van der Waals surface area contributed by atoms with Crippen molar-refractivity contribution in [1.29, 1.82) is 0 Å². The van der Waals surface area contributed by atoms with Gasteiger partial charge in [0.1, 0.15) is 5.56 Å². The quantitative estimate of drug-likeness (QED) is 0.513. The van der Waals surface area contributed by atoms with Crippen LogP contribution in [0, 0.1) is 10.1 Å². The molecule has 0 atom stereocenters. The maximum Gasteiger partial charge on any atom is 0.422 e. The highest BCUT2D eigenvalue weighted by atomic mass is 19.4. The summed E-state index contributed by atoms with van der Waals surface area (Å²) in [6.45, 7) is 0.